The summed E-state index contributed by atoms with van der Waals surface area (Å²) in [5.41, 5.74) is 0.611. The van der Waals surface area contributed by atoms with E-state index in [9.17, 15) is 8.42 Å². The smallest absolute Gasteiger partial charge is 0.243 e. The summed E-state index contributed by atoms with van der Waals surface area (Å²) in [5, 5.41) is 4.66. The third kappa shape index (κ3) is 3.64. The van der Waals surface area contributed by atoms with Crippen LogP contribution in [0.25, 0.3) is 0 Å². The second-order valence-corrected chi connectivity index (χ2v) is 8.19. The average molecular weight is 369 g/mol. The number of hydrogen-bond acceptors (Lipinski definition) is 4. The minimum atomic E-state index is -3.49. The molecule has 2 heterocycles. The number of rotatable bonds is 5. The van der Waals surface area contributed by atoms with Crippen LogP contribution in [0, 0.1) is 6.92 Å². The SMILES string of the molecule is Cc1c(Cl)cccc1S(=O)(=O)N1CCN(CCn2cccn2)CC1. The summed E-state index contributed by atoms with van der Waals surface area (Å²) in [6, 6.07) is 6.92. The Labute approximate surface area is 147 Å². The zero-order valence-electron chi connectivity index (χ0n) is 13.6. The quantitative estimate of drug-likeness (QED) is 0.808. The van der Waals surface area contributed by atoms with E-state index in [1.54, 1.807) is 35.6 Å². The molecule has 2 aromatic rings. The lowest BCUT2D eigenvalue weighted by Crippen LogP contribution is -2.49. The first-order chi connectivity index (χ1) is 11.5. The Morgan fingerprint density at radius 3 is 2.54 bits per heavy atom. The van der Waals surface area contributed by atoms with Crippen molar-refractivity contribution in [3.05, 3.63) is 47.2 Å². The third-order valence-electron chi connectivity index (χ3n) is 4.37. The molecule has 0 aliphatic carbocycles. The van der Waals surface area contributed by atoms with Crippen molar-refractivity contribution < 1.29 is 8.42 Å². The van der Waals surface area contributed by atoms with E-state index >= 15 is 0 Å². The van der Waals surface area contributed by atoms with Crippen LogP contribution in [0.4, 0.5) is 0 Å². The molecule has 0 radical (unpaired) electrons. The Morgan fingerprint density at radius 2 is 1.88 bits per heavy atom. The molecule has 1 saturated heterocycles. The van der Waals surface area contributed by atoms with Gasteiger partial charge in [-0.2, -0.15) is 9.40 Å². The Kier molecular flexibility index (Phi) is 5.24. The van der Waals surface area contributed by atoms with Crippen molar-refractivity contribution in [2.45, 2.75) is 18.4 Å². The zero-order chi connectivity index (χ0) is 17.2. The Balaban J connectivity index is 1.62. The highest BCUT2D eigenvalue weighted by Gasteiger charge is 2.29. The van der Waals surface area contributed by atoms with E-state index in [-0.39, 0.29) is 0 Å². The van der Waals surface area contributed by atoms with Gasteiger partial charge in [0.05, 0.1) is 11.4 Å². The lowest BCUT2D eigenvalue weighted by molar-refractivity contribution is 0.181. The highest BCUT2D eigenvalue weighted by atomic mass is 35.5. The average Bonchev–Trinajstić information content (AvgIpc) is 3.09. The summed E-state index contributed by atoms with van der Waals surface area (Å²) in [7, 11) is -3.49. The summed E-state index contributed by atoms with van der Waals surface area (Å²) in [5.74, 6) is 0. The monoisotopic (exact) mass is 368 g/mol. The van der Waals surface area contributed by atoms with Gasteiger partial charge in [-0.05, 0) is 30.7 Å². The molecule has 0 atom stereocenters. The Bertz CT molecular complexity index is 784. The van der Waals surface area contributed by atoms with E-state index in [4.69, 9.17) is 11.6 Å². The summed E-state index contributed by atoms with van der Waals surface area (Å²) in [6.45, 7) is 5.86. The highest BCUT2D eigenvalue weighted by molar-refractivity contribution is 7.89. The molecule has 0 saturated carbocycles. The zero-order valence-corrected chi connectivity index (χ0v) is 15.2. The molecule has 0 N–H and O–H groups in total. The number of sulfonamides is 1. The van der Waals surface area contributed by atoms with E-state index in [1.807, 2.05) is 16.9 Å². The van der Waals surface area contributed by atoms with Crippen molar-refractivity contribution in [2.24, 2.45) is 0 Å². The fourth-order valence-corrected chi connectivity index (χ4v) is 4.78. The fraction of sp³-hybridized carbons (Fsp3) is 0.438. The minimum absolute atomic E-state index is 0.306. The van der Waals surface area contributed by atoms with Crippen molar-refractivity contribution in [1.82, 2.24) is 19.0 Å². The molecule has 1 aromatic carbocycles. The summed E-state index contributed by atoms with van der Waals surface area (Å²) in [6.07, 6.45) is 3.69. The van der Waals surface area contributed by atoms with Gasteiger partial charge in [0, 0.05) is 50.1 Å². The van der Waals surface area contributed by atoms with Crippen LogP contribution in [0.1, 0.15) is 5.56 Å². The number of piperazine rings is 1. The summed E-state index contributed by atoms with van der Waals surface area (Å²) in [4.78, 5) is 2.57. The van der Waals surface area contributed by atoms with Gasteiger partial charge in [-0.15, -0.1) is 0 Å². The van der Waals surface area contributed by atoms with Gasteiger partial charge in [0.15, 0.2) is 0 Å². The third-order valence-corrected chi connectivity index (χ3v) is 6.82. The molecule has 8 heteroatoms. The molecule has 1 aliphatic rings. The first-order valence-electron chi connectivity index (χ1n) is 7.93. The second kappa shape index (κ2) is 7.23. The molecule has 0 spiro atoms. The van der Waals surface area contributed by atoms with Gasteiger partial charge in [-0.25, -0.2) is 8.42 Å². The van der Waals surface area contributed by atoms with Crippen LogP contribution in [0.3, 0.4) is 0 Å². The van der Waals surface area contributed by atoms with Gasteiger partial charge in [-0.1, -0.05) is 17.7 Å². The number of aromatic nitrogens is 2. The van der Waals surface area contributed by atoms with Gasteiger partial charge in [-0.3, -0.25) is 9.58 Å². The largest absolute Gasteiger partial charge is 0.299 e. The first kappa shape index (κ1) is 17.4. The van der Waals surface area contributed by atoms with Crippen molar-refractivity contribution in [1.29, 1.82) is 0 Å². The molecule has 1 aliphatic heterocycles. The van der Waals surface area contributed by atoms with Gasteiger partial charge in [0.1, 0.15) is 0 Å². The van der Waals surface area contributed by atoms with Gasteiger partial charge >= 0.3 is 0 Å². The lowest BCUT2D eigenvalue weighted by Gasteiger charge is -2.34. The van der Waals surface area contributed by atoms with Crippen molar-refractivity contribution in [2.75, 3.05) is 32.7 Å². The Morgan fingerprint density at radius 1 is 1.12 bits per heavy atom. The molecule has 3 rings (SSSR count). The molecular weight excluding hydrogens is 348 g/mol. The minimum Gasteiger partial charge on any atom is -0.299 e. The highest BCUT2D eigenvalue weighted by Crippen LogP contribution is 2.26. The predicted octanol–water partition coefficient (Wildman–Crippen LogP) is 1.85. The van der Waals surface area contributed by atoms with Crippen LogP contribution in [0.5, 0.6) is 0 Å². The van der Waals surface area contributed by atoms with Crippen LogP contribution in [0.15, 0.2) is 41.6 Å². The maximum absolute atomic E-state index is 12.8. The molecule has 24 heavy (non-hydrogen) atoms. The van der Waals surface area contributed by atoms with Gasteiger partial charge in [0.25, 0.3) is 0 Å². The van der Waals surface area contributed by atoms with Gasteiger partial charge in [0.2, 0.25) is 10.0 Å². The van der Waals surface area contributed by atoms with E-state index in [0.717, 1.165) is 26.2 Å². The molecule has 130 valence electrons. The van der Waals surface area contributed by atoms with Crippen molar-refractivity contribution in [3.8, 4) is 0 Å². The summed E-state index contributed by atoms with van der Waals surface area (Å²) < 4.78 is 29.1. The maximum atomic E-state index is 12.8. The van der Waals surface area contributed by atoms with E-state index in [2.05, 4.69) is 10.00 Å². The fourth-order valence-electron chi connectivity index (χ4n) is 2.88. The van der Waals surface area contributed by atoms with E-state index in [1.165, 1.54) is 0 Å². The molecule has 1 aromatic heterocycles. The molecular formula is C16H21ClN4O2S. The van der Waals surface area contributed by atoms with Crippen LogP contribution in [-0.4, -0.2) is 60.1 Å². The first-order valence-corrected chi connectivity index (χ1v) is 9.75. The number of nitrogens with zero attached hydrogens (tertiary/aromatic N) is 4. The predicted molar refractivity (Wildman–Crippen MR) is 93.6 cm³/mol. The number of halogens is 1. The van der Waals surface area contributed by atoms with E-state index < -0.39 is 10.0 Å². The topological polar surface area (TPSA) is 58.4 Å². The Hall–Kier alpha value is -1.41. The van der Waals surface area contributed by atoms with E-state index in [0.29, 0.717) is 28.6 Å². The van der Waals surface area contributed by atoms with Crippen molar-refractivity contribution in [3.63, 3.8) is 0 Å². The molecule has 6 nitrogen and oxygen atoms in total. The molecule has 1 fully saturated rings. The maximum Gasteiger partial charge on any atom is 0.243 e. The van der Waals surface area contributed by atoms with Crippen LogP contribution in [-0.2, 0) is 16.6 Å². The van der Waals surface area contributed by atoms with Crippen LogP contribution < -0.4 is 0 Å². The van der Waals surface area contributed by atoms with Crippen molar-refractivity contribution >= 4 is 21.6 Å². The molecule has 0 unspecified atom stereocenters. The van der Waals surface area contributed by atoms with Crippen LogP contribution >= 0.6 is 11.6 Å². The summed E-state index contributed by atoms with van der Waals surface area (Å²) >= 11 is 6.07. The van der Waals surface area contributed by atoms with Crippen LogP contribution in [0.2, 0.25) is 5.02 Å². The normalized spacial score (nSPS) is 17.2. The number of hydrogen-bond donors (Lipinski definition) is 0. The standard InChI is InChI=1S/C16H21ClN4O2S/c1-14-15(17)4-2-5-16(14)24(22,23)21-12-9-19(10-13-21)8-11-20-7-3-6-18-20/h2-7H,8-13H2,1H3. The second-order valence-electron chi connectivity index (χ2n) is 5.88. The molecule has 0 bridgehead atoms. The molecule has 0 amide bonds. The number of benzene rings is 1. The lowest BCUT2D eigenvalue weighted by atomic mass is 10.2. The van der Waals surface area contributed by atoms with Gasteiger partial charge < -0.3 is 0 Å².